The van der Waals surface area contributed by atoms with Crippen molar-refractivity contribution in [1.82, 2.24) is 14.8 Å². The maximum Gasteiger partial charge on any atom is 0.358 e. The van der Waals surface area contributed by atoms with Crippen molar-refractivity contribution in [3.05, 3.63) is 40.2 Å². The number of carbonyl (C=O) groups is 1. The maximum absolute atomic E-state index is 11.9. The van der Waals surface area contributed by atoms with Crippen LogP contribution in [0.25, 0.3) is 10.2 Å². The molecule has 0 saturated heterocycles. The molecular weight excluding hydrogens is 372 g/mol. The Morgan fingerprint density at radius 3 is 2.81 bits per heavy atom. The number of hydrogen-bond acceptors (Lipinski definition) is 6. The van der Waals surface area contributed by atoms with Gasteiger partial charge in [0.25, 0.3) is 0 Å². The third-order valence-electron chi connectivity index (χ3n) is 4.11. The molecule has 26 heavy (non-hydrogen) atoms. The van der Waals surface area contributed by atoms with E-state index >= 15 is 0 Å². The molecule has 0 aliphatic rings. The van der Waals surface area contributed by atoms with Crippen LogP contribution in [0.4, 0.5) is 5.13 Å². The van der Waals surface area contributed by atoms with E-state index in [-0.39, 0.29) is 0 Å². The van der Waals surface area contributed by atoms with Crippen LogP contribution in [0.3, 0.4) is 0 Å². The van der Waals surface area contributed by atoms with Crippen molar-refractivity contribution in [2.24, 2.45) is 0 Å². The summed E-state index contributed by atoms with van der Waals surface area (Å²) in [7, 11) is 2.02. The monoisotopic (exact) mass is 392 g/mol. The number of nitrogens with zero attached hydrogens (tertiary/aromatic N) is 4. The Bertz CT molecular complexity index is 950. The van der Waals surface area contributed by atoms with Crippen LogP contribution >= 0.6 is 22.9 Å². The molecule has 0 amide bonds. The van der Waals surface area contributed by atoms with Gasteiger partial charge < -0.3 is 9.64 Å². The lowest BCUT2D eigenvalue weighted by Crippen LogP contribution is -2.15. The molecule has 8 heteroatoms. The number of benzene rings is 1. The highest BCUT2D eigenvalue weighted by Gasteiger charge is 2.16. The number of halogens is 1. The van der Waals surface area contributed by atoms with Crippen molar-refractivity contribution < 1.29 is 9.53 Å². The van der Waals surface area contributed by atoms with Gasteiger partial charge in [-0.25, -0.2) is 9.78 Å². The van der Waals surface area contributed by atoms with Gasteiger partial charge in [0.1, 0.15) is 0 Å². The zero-order valence-corrected chi connectivity index (χ0v) is 16.8. The van der Waals surface area contributed by atoms with Gasteiger partial charge in [-0.1, -0.05) is 22.9 Å². The Morgan fingerprint density at radius 1 is 1.35 bits per heavy atom. The van der Waals surface area contributed by atoms with E-state index in [9.17, 15) is 4.79 Å². The van der Waals surface area contributed by atoms with Gasteiger partial charge in [0.05, 0.1) is 23.4 Å². The van der Waals surface area contributed by atoms with Crippen molar-refractivity contribution in [2.75, 3.05) is 25.1 Å². The Kier molecular flexibility index (Phi) is 5.48. The number of hydrogen-bond donors (Lipinski definition) is 0. The third-order valence-corrected chi connectivity index (χ3v) is 5.45. The largest absolute Gasteiger partial charge is 0.461 e. The maximum atomic E-state index is 11.9. The molecule has 0 aliphatic carbocycles. The van der Waals surface area contributed by atoms with Crippen LogP contribution in [0.5, 0.6) is 0 Å². The number of aryl methyl sites for hydroxylation is 1. The molecule has 1 aromatic carbocycles. The first kappa shape index (κ1) is 18.7. The second-order valence-corrected chi connectivity index (χ2v) is 7.42. The minimum atomic E-state index is -0.411. The Hall–Kier alpha value is -2.12. The normalized spacial score (nSPS) is 11.1. The minimum Gasteiger partial charge on any atom is -0.461 e. The fraction of sp³-hybridized carbons (Fsp3) is 0.389. The molecule has 2 heterocycles. The highest BCUT2D eigenvalue weighted by atomic mass is 35.5. The second-order valence-electron chi connectivity index (χ2n) is 5.97. The lowest BCUT2D eigenvalue weighted by molar-refractivity contribution is 0.0518. The molecule has 0 spiro atoms. The van der Waals surface area contributed by atoms with E-state index in [1.54, 1.807) is 29.0 Å². The highest BCUT2D eigenvalue weighted by molar-refractivity contribution is 7.22. The number of rotatable bonds is 6. The van der Waals surface area contributed by atoms with Gasteiger partial charge in [-0.3, -0.25) is 4.68 Å². The Labute approximate surface area is 161 Å². The van der Waals surface area contributed by atoms with Crippen LogP contribution in [0.15, 0.2) is 18.2 Å². The Morgan fingerprint density at radius 2 is 2.12 bits per heavy atom. The van der Waals surface area contributed by atoms with Crippen molar-refractivity contribution in [1.29, 1.82) is 0 Å². The van der Waals surface area contributed by atoms with Gasteiger partial charge in [0.2, 0.25) is 0 Å². The summed E-state index contributed by atoms with van der Waals surface area (Å²) in [5, 5.41) is 6.00. The molecule has 0 aliphatic heterocycles. The van der Waals surface area contributed by atoms with E-state index in [0.29, 0.717) is 23.9 Å². The quantitative estimate of drug-likeness (QED) is 0.590. The molecular formula is C18H21ClN4O2S. The zero-order chi connectivity index (χ0) is 18.8. The first-order chi connectivity index (χ1) is 12.4. The fourth-order valence-corrected chi connectivity index (χ4v) is 3.99. The summed E-state index contributed by atoms with van der Waals surface area (Å²) in [6, 6.07) is 5.58. The third kappa shape index (κ3) is 3.68. The lowest BCUT2D eigenvalue weighted by atomic mass is 10.2. The van der Waals surface area contributed by atoms with Crippen molar-refractivity contribution in [3.8, 4) is 0 Å². The molecule has 138 valence electrons. The second kappa shape index (κ2) is 7.63. The minimum absolute atomic E-state index is 0.312. The highest BCUT2D eigenvalue weighted by Crippen LogP contribution is 2.33. The lowest BCUT2D eigenvalue weighted by Gasteiger charge is -2.11. The first-order valence-corrected chi connectivity index (χ1v) is 9.64. The standard InChI is InChI=1S/C18H21ClN4O2S/c1-5-22(4)18-20-16-12(8-13(19)9-15(16)26-18)10-23-11(3)7-14(21-23)17(24)25-6-2/h7-9H,5-6,10H2,1-4H3. The number of anilines is 1. The molecule has 0 atom stereocenters. The van der Waals surface area contributed by atoms with Crippen molar-refractivity contribution in [2.45, 2.75) is 27.3 Å². The van der Waals surface area contributed by atoms with Gasteiger partial charge in [0, 0.05) is 29.9 Å². The summed E-state index contributed by atoms with van der Waals surface area (Å²) in [4.78, 5) is 18.8. The van der Waals surface area contributed by atoms with E-state index in [2.05, 4.69) is 16.9 Å². The van der Waals surface area contributed by atoms with Gasteiger partial charge >= 0.3 is 5.97 Å². The SMILES string of the molecule is CCOC(=O)c1cc(C)n(Cc2cc(Cl)cc3sc(N(C)CC)nc23)n1. The van der Waals surface area contributed by atoms with Gasteiger partial charge in [-0.2, -0.15) is 5.10 Å². The number of carbonyl (C=O) groups excluding carboxylic acids is 1. The summed E-state index contributed by atoms with van der Waals surface area (Å²) >= 11 is 7.93. The van der Waals surface area contributed by atoms with Crippen LogP contribution in [-0.2, 0) is 11.3 Å². The molecule has 0 fully saturated rings. The fourth-order valence-electron chi connectivity index (χ4n) is 2.61. The smallest absolute Gasteiger partial charge is 0.358 e. The van der Waals surface area contributed by atoms with Gasteiger partial charge in [-0.15, -0.1) is 0 Å². The average molecular weight is 393 g/mol. The molecule has 0 saturated carbocycles. The number of fused-ring (bicyclic) bond motifs is 1. The summed E-state index contributed by atoms with van der Waals surface area (Å²) in [5.41, 5.74) is 3.08. The summed E-state index contributed by atoms with van der Waals surface area (Å²) < 4.78 is 7.84. The molecule has 0 bridgehead atoms. The van der Waals surface area contributed by atoms with Gasteiger partial charge in [-0.05, 0) is 39.0 Å². The summed E-state index contributed by atoms with van der Waals surface area (Å²) in [6.07, 6.45) is 0. The van der Waals surface area contributed by atoms with E-state index < -0.39 is 5.97 Å². The average Bonchev–Trinajstić information content (AvgIpc) is 3.18. The van der Waals surface area contributed by atoms with E-state index in [1.165, 1.54) is 0 Å². The Balaban J connectivity index is 1.98. The van der Waals surface area contributed by atoms with Crippen LogP contribution in [0.1, 0.15) is 35.6 Å². The molecule has 0 radical (unpaired) electrons. The number of esters is 1. The van der Waals surface area contributed by atoms with Crippen LogP contribution in [0, 0.1) is 6.92 Å². The molecule has 0 unspecified atom stereocenters. The van der Waals surface area contributed by atoms with E-state index in [1.807, 2.05) is 26.1 Å². The van der Waals surface area contributed by atoms with Crippen LogP contribution in [0.2, 0.25) is 5.02 Å². The van der Waals surface area contributed by atoms with Crippen molar-refractivity contribution >= 4 is 44.3 Å². The number of ether oxygens (including phenoxy) is 1. The summed E-state index contributed by atoms with van der Waals surface area (Å²) in [5.74, 6) is -0.411. The zero-order valence-electron chi connectivity index (χ0n) is 15.2. The molecule has 0 N–H and O–H groups in total. The number of aromatic nitrogens is 3. The number of thiazole rings is 1. The predicted molar refractivity (Wildman–Crippen MR) is 106 cm³/mol. The summed E-state index contributed by atoms with van der Waals surface area (Å²) in [6.45, 7) is 7.47. The topological polar surface area (TPSA) is 60.2 Å². The van der Waals surface area contributed by atoms with Gasteiger partial charge in [0.15, 0.2) is 10.8 Å². The van der Waals surface area contributed by atoms with Crippen LogP contribution in [-0.4, -0.2) is 40.9 Å². The molecule has 2 aromatic heterocycles. The molecule has 3 aromatic rings. The molecule has 6 nitrogen and oxygen atoms in total. The predicted octanol–water partition coefficient (Wildman–Crippen LogP) is 4.14. The van der Waals surface area contributed by atoms with E-state index in [4.69, 9.17) is 21.3 Å². The van der Waals surface area contributed by atoms with Crippen molar-refractivity contribution in [3.63, 3.8) is 0 Å². The van der Waals surface area contributed by atoms with E-state index in [0.717, 1.165) is 33.2 Å². The molecule has 3 rings (SSSR count). The first-order valence-electron chi connectivity index (χ1n) is 8.44. The van der Waals surface area contributed by atoms with Crippen LogP contribution < -0.4 is 4.90 Å².